The molecule has 11 heavy (non-hydrogen) atoms. The van der Waals surface area contributed by atoms with Crippen LogP contribution in [0.4, 0.5) is 0 Å². The van der Waals surface area contributed by atoms with E-state index in [1.807, 2.05) is 0 Å². The first kappa shape index (κ1) is 10.1. The van der Waals surface area contributed by atoms with Gasteiger partial charge in [0.25, 0.3) is 0 Å². The number of hydrogen-bond donors (Lipinski definition) is 1. The molecule has 1 N–H and O–H groups in total. The van der Waals surface area contributed by atoms with Gasteiger partial charge in [-0.05, 0) is 0 Å². The first-order chi connectivity index (χ1) is 5.35. The predicted molar refractivity (Wildman–Crippen MR) is 42.1 cm³/mol. The van der Waals surface area contributed by atoms with Crippen LogP contribution in [0, 0.1) is 0 Å². The monoisotopic (exact) mass is 159 g/mol. The summed E-state index contributed by atoms with van der Waals surface area (Å²) in [4.78, 5) is 0. The van der Waals surface area contributed by atoms with Gasteiger partial charge in [-0.1, -0.05) is 11.2 Å². The standard InChI is InChI=1S/C7H13NO3/c1-3-7(6-10-2)11-5-4-8-9/h3-4,7,9H,1,5-6H2,2H3/b8-4-. The van der Waals surface area contributed by atoms with E-state index in [1.54, 1.807) is 13.2 Å². The van der Waals surface area contributed by atoms with Crippen molar-refractivity contribution in [3.05, 3.63) is 12.7 Å². The third kappa shape index (κ3) is 5.57. The van der Waals surface area contributed by atoms with Crippen molar-refractivity contribution >= 4 is 6.21 Å². The van der Waals surface area contributed by atoms with Gasteiger partial charge in [0.2, 0.25) is 0 Å². The lowest BCUT2D eigenvalue weighted by Gasteiger charge is -2.09. The summed E-state index contributed by atoms with van der Waals surface area (Å²) in [6.07, 6.45) is 2.75. The van der Waals surface area contributed by atoms with Crippen LogP contribution < -0.4 is 0 Å². The van der Waals surface area contributed by atoms with E-state index in [9.17, 15) is 0 Å². The molecule has 0 aromatic rings. The Morgan fingerprint density at radius 3 is 2.91 bits per heavy atom. The lowest BCUT2D eigenvalue weighted by atomic mass is 10.4. The molecule has 0 rings (SSSR count). The zero-order valence-electron chi connectivity index (χ0n) is 6.56. The Labute approximate surface area is 66.1 Å². The minimum atomic E-state index is -0.141. The maximum absolute atomic E-state index is 8.01. The van der Waals surface area contributed by atoms with Crippen LogP contribution in [0.25, 0.3) is 0 Å². The molecule has 0 bridgehead atoms. The summed E-state index contributed by atoms with van der Waals surface area (Å²) in [5.74, 6) is 0. The van der Waals surface area contributed by atoms with Crippen molar-refractivity contribution in [3.63, 3.8) is 0 Å². The summed E-state index contributed by atoms with van der Waals surface area (Å²) in [5.41, 5.74) is 0. The molecule has 0 aliphatic heterocycles. The van der Waals surface area contributed by atoms with E-state index in [4.69, 9.17) is 14.7 Å². The van der Waals surface area contributed by atoms with E-state index < -0.39 is 0 Å². The van der Waals surface area contributed by atoms with Crippen molar-refractivity contribution in [2.75, 3.05) is 20.3 Å². The Morgan fingerprint density at radius 1 is 1.73 bits per heavy atom. The second-order valence-corrected chi connectivity index (χ2v) is 1.86. The normalized spacial score (nSPS) is 13.5. The molecular formula is C7H13NO3. The summed E-state index contributed by atoms with van der Waals surface area (Å²) in [7, 11) is 1.58. The highest BCUT2D eigenvalue weighted by molar-refractivity contribution is 5.57. The van der Waals surface area contributed by atoms with E-state index >= 15 is 0 Å². The highest BCUT2D eigenvalue weighted by atomic mass is 16.5. The van der Waals surface area contributed by atoms with Gasteiger partial charge in [-0.2, -0.15) is 0 Å². The second-order valence-electron chi connectivity index (χ2n) is 1.86. The lowest BCUT2D eigenvalue weighted by Crippen LogP contribution is -2.17. The van der Waals surface area contributed by atoms with Gasteiger partial charge in [-0.15, -0.1) is 6.58 Å². The molecule has 0 radical (unpaired) electrons. The Hall–Kier alpha value is -0.870. The van der Waals surface area contributed by atoms with E-state index in [1.165, 1.54) is 6.21 Å². The minimum Gasteiger partial charge on any atom is -0.411 e. The SMILES string of the molecule is C=CC(COC)OC/C=N\O. The number of hydrogen-bond acceptors (Lipinski definition) is 4. The molecule has 0 amide bonds. The first-order valence-corrected chi connectivity index (χ1v) is 3.24. The maximum atomic E-state index is 8.01. The van der Waals surface area contributed by atoms with Gasteiger partial charge >= 0.3 is 0 Å². The average Bonchev–Trinajstić information content (AvgIpc) is 2.03. The molecule has 1 unspecified atom stereocenters. The zero-order valence-corrected chi connectivity index (χ0v) is 6.56. The van der Waals surface area contributed by atoms with Gasteiger partial charge in [0, 0.05) is 7.11 Å². The molecule has 0 spiro atoms. The van der Waals surface area contributed by atoms with E-state index in [0.29, 0.717) is 6.61 Å². The quantitative estimate of drug-likeness (QED) is 0.268. The topological polar surface area (TPSA) is 51.0 Å². The van der Waals surface area contributed by atoms with Crippen LogP contribution in [0.1, 0.15) is 0 Å². The Morgan fingerprint density at radius 2 is 2.45 bits per heavy atom. The van der Waals surface area contributed by atoms with Gasteiger partial charge in [0.15, 0.2) is 0 Å². The van der Waals surface area contributed by atoms with Crippen LogP contribution >= 0.6 is 0 Å². The van der Waals surface area contributed by atoms with Crippen LogP contribution in [0.5, 0.6) is 0 Å². The van der Waals surface area contributed by atoms with Crippen LogP contribution in [0.2, 0.25) is 0 Å². The summed E-state index contributed by atoms with van der Waals surface area (Å²) < 4.78 is 9.94. The van der Waals surface area contributed by atoms with Gasteiger partial charge < -0.3 is 14.7 Å². The van der Waals surface area contributed by atoms with Gasteiger partial charge in [-0.25, -0.2) is 0 Å². The molecule has 1 atom stereocenters. The molecule has 0 fully saturated rings. The molecule has 0 aliphatic rings. The van der Waals surface area contributed by atoms with E-state index in [2.05, 4.69) is 11.7 Å². The van der Waals surface area contributed by atoms with Crippen LogP contribution in [0.3, 0.4) is 0 Å². The van der Waals surface area contributed by atoms with Crippen molar-refractivity contribution in [2.24, 2.45) is 5.16 Å². The highest BCUT2D eigenvalue weighted by Gasteiger charge is 2.00. The van der Waals surface area contributed by atoms with E-state index in [0.717, 1.165) is 0 Å². The van der Waals surface area contributed by atoms with Crippen molar-refractivity contribution < 1.29 is 14.7 Å². The Bertz CT molecular complexity index is 125. The first-order valence-electron chi connectivity index (χ1n) is 3.24. The molecule has 0 aromatic carbocycles. The van der Waals surface area contributed by atoms with Crippen LogP contribution in [-0.2, 0) is 9.47 Å². The number of nitrogens with zero attached hydrogens (tertiary/aromatic N) is 1. The number of rotatable bonds is 6. The summed E-state index contributed by atoms with van der Waals surface area (Å²) in [6, 6.07) is 0. The van der Waals surface area contributed by atoms with Crippen molar-refractivity contribution in [1.82, 2.24) is 0 Å². The molecule has 0 aliphatic carbocycles. The zero-order chi connectivity index (χ0) is 8.53. The number of ether oxygens (including phenoxy) is 2. The Kier molecular flexibility index (Phi) is 6.67. The molecule has 0 aromatic heterocycles. The number of methoxy groups -OCH3 is 1. The molecule has 0 saturated carbocycles. The molecule has 0 heterocycles. The van der Waals surface area contributed by atoms with Crippen molar-refractivity contribution in [2.45, 2.75) is 6.10 Å². The van der Waals surface area contributed by atoms with Gasteiger partial charge in [-0.3, -0.25) is 0 Å². The third-order valence-corrected chi connectivity index (χ3v) is 1.06. The molecule has 4 heteroatoms. The molecule has 4 nitrogen and oxygen atoms in total. The Balaban J connectivity index is 3.43. The van der Waals surface area contributed by atoms with Gasteiger partial charge in [0.1, 0.15) is 0 Å². The fraction of sp³-hybridized carbons (Fsp3) is 0.571. The fourth-order valence-electron chi connectivity index (χ4n) is 0.548. The van der Waals surface area contributed by atoms with Crippen molar-refractivity contribution in [1.29, 1.82) is 0 Å². The fourth-order valence-corrected chi connectivity index (χ4v) is 0.548. The smallest absolute Gasteiger partial charge is 0.0991 e. The maximum Gasteiger partial charge on any atom is 0.0991 e. The lowest BCUT2D eigenvalue weighted by molar-refractivity contribution is 0.0450. The summed E-state index contributed by atoms with van der Waals surface area (Å²) in [6.45, 7) is 4.27. The summed E-state index contributed by atoms with van der Waals surface area (Å²) >= 11 is 0. The molecule has 64 valence electrons. The summed E-state index contributed by atoms with van der Waals surface area (Å²) in [5, 5.41) is 10.8. The molecular weight excluding hydrogens is 146 g/mol. The average molecular weight is 159 g/mol. The largest absolute Gasteiger partial charge is 0.411 e. The minimum absolute atomic E-state index is 0.141. The molecule has 0 saturated heterocycles. The van der Waals surface area contributed by atoms with Crippen LogP contribution in [0.15, 0.2) is 17.8 Å². The predicted octanol–water partition coefficient (Wildman–Crippen LogP) is 0.664. The van der Waals surface area contributed by atoms with Crippen LogP contribution in [-0.4, -0.2) is 37.8 Å². The van der Waals surface area contributed by atoms with E-state index in [-0.39, 0.29) is 12.7 Å². The number of oxime groups is 1. The second kappa shape index (κ2) is 7.24. The van der Waals surface area contributed by atoms with Crippen molar-refractivity contribution in [3.8, 4) is 0 Å². The van der Waals surface area contributed by atoms with Gasteiger partial charge in [0.05, 0.1) is 25.5 Å². The highest BCUT2D eigenvalue weighted by Crippen LogP contribution is 1.92. The third-order valence-electron chi connectivity index (χ3n) is 1.06.